The molecule has 0 aliphatic rings. The molecule has 0 radical (unpaired) electrons. The first-order valence-electron chi connectivity index (χ1n) is 9.89. The molecule has 0 saturated heterocycles. The van der Waals surface area contributed by atoms with Crippen LogP contribution in [0.5, 0.6) is 0 Å². The number of benzene rings is 1. The molecular formula is C21H21N5O3S3. The highest BCUT2D eigenvalue weighted by Gasteiger charge is 2.18. The van der Waals surface area contributed by atoms with E-state index in [1.165, 1.54) is 34.9 Å². The van der Waals surface area contributed by atoms with Crippen LogP contribution in [0.2, 0.25) is 0 Å². The summed E-state index contributed by atoms with van der Waals surface area (Å²) in [6.07, 6.45) is 0. The fourth-order valence-corrected chi connectivity index (χ4v) is 5.72. The summed E-state index contributed by atoms with van der Waals surface area (Å²) in [5.74, 6) is 0.982. The Morgan fingerprint density at radius 3 is 2.72 bits per heavy atom. The Bertz CT molecular complexity index is 1310. The number of carbonyl (C=O) groups is 1. The Morgan fingerprint density at radius 1 is 1.19 bits per heavy atom. The third-order valence-corrected chi connectivity index (χ3v) is 7.57. The predicted molar refractivity (Wildman–Crippen MR) is 128 cm³/mol. The molecule has 0 amide bonds. The van der Waals surface area contributed by atoms with E-state index in [0.29, 0.717) is 33.9 Å². The monoisotopic (exact) mass is 487 g/mol. The van der Waals surface area contributed by atoms with Crippen LogP contribution in [-0.2, 0) is 15.3 Å². The van der Waals surface area contributed by atoms with Crippen molar-refractivity contribution in [2.45, 2.75) is 36.8 Å². The summed E-state index contributed by atoms with van der Waals surface area (Å²) < 4.78 is 6.93. The van der Waals surface area contributed by atoms with Crippen LogP contribution in [0.3, 0.4) is 0 Å². The molecule has 0 atom stereocenters. The number of aromatic nitrogens is 5. The second-order valence-corrected chi connectivity index (χ2v) is 9.90. The van der Waals surface area contributed by atoms with Crippen molar-refractivity contribution in [2.75, 3.05) is 12.4 Å². The Labute approximate surface area is 196 Å². The summed E-state index contributed by atoms with van der Waals surface area (Å²) in [5.41, 5.74) is 1.73. The number of hydrogen-bond acceptors (Lipinski definition) is 9. The second kappa shape index (κ2) is 9.88. The van der Waals surface area contributed by atoms with Crippen LogP contribution in [0, 0.1) is 13.8 Å². The van der Waals surface area contributed by atoms with E-state index in [9.17, 15) is 9.59 Å². The van der Waals surface area contributed by atoms with Crippen LogP contribution < -0.4 is 5.56 Å². The minimum absolute atomic E-state index is 0.130. The minimum atomic E-state index is -0.298. The van der Waals surface area contributed by atoms with Gasteiger partial charge in [0, 0.05) is 10.6 Å². The number of nitrogens with zero attached hydrogens (tertiary/aromatic N) is 4. The number of thioether (sulfide) groups is 2. The summed E-state index contributed by atoms with van der Waals surface area (Å²) in [6, 6.07) is 9.70. The third kappa shape index (κ3) is 4.74. The van der Waals surface area contributed by atoms with E-state index in [1.54, 1.807) is 6.92 Å². The Morgan fingerprint density at radius 2 is 1.97 bits per heavy atom. The maximum Gasteiger partial charge on any atom is 0.316 e. The van der Waals surface area contributed by atoms with E-state index in [0.717, 1.165) is 21.0 Å². The Hall–Kier alpha value is -2.63. The number of aryl methyl sites for hydroxylation is 2. The molecule has 4 aromatic rings. The molecule has 0 saturated carbocycles. The molecule has 0 unspecified atom stereocenters. The fraction of sp³-hybridized carbons (Fsp3) is 0.286. The van der Waals surface area contributed by atoms with Crippen LogP contribution in [-0.4, -0.2) is 43.1 Å². The second-order valence-electron chi connectivity index (χ2n) is 6.79. The molecule has 11 heteroatoms. The molecule has 0 bridgehead atoms. The normalized spacial score (nSPS) is 11.2. The number of rotatable bonds is 8. The largest absolute Gasteiger partial charge is 0.465 e. The number of para-hydroxylation sites is 1. The zero-order chi connectivity index (χ0) is 22.7. The van der Waals surface area contributed by atoms with Gasteiger partial charge < -0.3 is 9.72 Å². The highest BCUT2D eigenvalue weighted by atomic mass is 32.2. The fourth-order valence-electron chi connectivity index (χ4n) is 3.09. The number of nitrogens with one attached hydrogen (secondary N) is 1. The SMILES string of the molecule is CCOC(=O)CSc1nnc(CSc2nc3sc(C)c(C)c3c(=O)[nH]2)n1-c1ccccc1. The van der Waals surface area contributed by atoms with Gasteiger partial charge in [0.25, 0.3) is 5.56 Å². The predicted octanol–water partition coefficient (Wildman–Crippen LogP) is 4.13. The van der Waals surface area contributed by atoms with Gasteiger partial charge in [-0.15, -0.1) is 21.5 Å². The topological polar surface area (TPSA) is 103 Å². The molecule has 3 heterocycles. The van der Waals surface area contributed by atoms with Gasteiger partial charge in [-0.25, -0.2) is 4.98 Å². The van der Waals surface area contributed by atoms with Crippen molar-refractivity contribution in [3.05, 3.63) is 57.0 Å². The first-order valence-corrected chi connectivity index (χ1v) is 12.7. The molecule has 1 N–H and O–H groups in total. The van der Waals surface area contributed by atoms with E-state index < -0.39 is 0 Å². The molecule has 3 aromatic heterocycles. The number of H-pyrrole nitrogens is 1. The van der Waals surface area contributed by atoms with Gasteiger partial charge in [0.2, 0.25) is 0 Å². The van der Waals surface area contributed by atoms with Crippen molar-refractivity contribution in [1.82, 2.24) is 24.7 Å². The van der Waals surface area contributed by atoms with E-state index in [1.807, 2.05) is 48.7 Å². The minimum Gasteiger partial charge on any atom is -0.465 e. The third-order valence-electron chi connectivity index (χ3n) is 4.69. The first-order chi connectivity index (χ1) is 15.5. The zero-order valence-electron chi connectivity index (χ0n) is 17.7. The van der Waals surface area contributed by atoms with Crippen molar-refractivity contribution in [3.63, 3.8) is 0 Å². The summed E-state index contributed by atoms with van der Waals surface area (Å²) in [6.45, 7) is 6.05. The van der Waals surface area contributed by atoms with Crippen LogP contribution in [0.15, 0.2) is 45.4 Å². The Balaban J connectivity index is 1.60. The highest BCUT2D eigenvalue weighted by Crippen LogP contribution is 2.29. The van der Waals surface area contributed by atoms with Crippen molar-refractivity contribution < 1.29 is 9.53 Å². The number of thiophene rings is 1. The van der Waals surface area contributed by atoms with Gasteiger partial charge in [-0.3, -0.25) is 14.2 Å². The average molecular weight is 488 g/mol. The van der Waals surface area contributed by atoms with Crippen LogP contribution >= 0.6 is 34.9 Å². The molecule has 0 fully saturated rings. The summed E-state index contributed by atoms with van der Waals surface area (Å²) in [4.78, 5) is 33.7. The van der Waals surface area contributed by atoms with E-state index in [2.05, 4.69) is 20.2 Å². The maximum atomic E-state index is 12.6. The van der Waals surface area contributed by atoms with Crippen molar-refractivity contribution in [2.24, 2.45) is 0 Å². The molecule has 32 heavy (non-hydrogen) atoms. The van der Waals surface area contributed by atoms with Gasteiger partial charge >= 0.3 is 5.97 Å². The standard InChI is InChI=1S/C21H21N5O3S3/c1-4-29-16(27)11-31-21-25-24-15(26(21)14-8-6-5-7-9-14)10-30-20-22-18(28)17-12(2)13(3)32-19(17)23-20/h5-9H,4,10-11H2,1-3H3,(H,22,23,28). The van der Waals surface area contributed by atoms with E-state index in [4.69, 9.17) is 4.74 Å². The highest BCUT2D eigenvalue weighted by molar-refractivity contribution is 7.99. The van der Waals surface area contributed by atoms with Crippen LogP contribution in [0.4, 0.5) is 0 Å². The van der Waals surface area contributed by atoms with Crippen molar-refractivity contribution in [1.29, 1.82) is 0 Å². The number of carbonyl (C=O) groups excluding carboxylic acids is 1. The molecular weight excluding hydrogens is 466 g/mol. The smallest absolute Gasteiger partial charge is 0.316 e. The van der Waals surface area contributed by atoms with Gasteiger partial charge in [0.05, 0.1) is 23.5 Å². The van der Waals surface area contributed by atoms with Gasteiger partial charge in [-0.2, -0.15) is 0 Å². The van der Waals surface area contributed by atoms with Crippen molar-refractivity contribution >= 4 is 51.0 Å². The number of ether oxygens (including phenoxy) is 1. The molecule has 8 nitrogen and oxygen atoms in total. The molecule has 166 valence electrons. The molecule has 0 spiro atoms. The van der Waals surface area contributed by atoms with E-state index in [-0.39, 0.29) is 17.3 Å². The molecule has 0 aliphatic carbocycles. The summed E-state index contributed by atoms with van der Waals surface area (Å²) in [5, 5.41) is 10.4. The average Bonchev–Trinajstić information content (AvgIpc) is 3.32. The maximum absolute atomic E-state index is 12.6. The van der Waals surface area contributed by atoms with Gasteiger partial charge in [0.15, 0.2) is 10.3 Å². The first kappa shape index (κ1) is 22.6. The molecule has 0 aliphatic heterocycles. The number of aromatic amines is 1. The zero-order valence-corrected chi connectivity index (χ0v) is 20.2. The Kier molecular flexibility index (Phi) is 6.97. The van der Waals surface area contributed by atoms with E-state index >= 15 is 0 Å². The lowest BCUT2D eigenvalue weighted by Gasteiger charge is -2.10. The number of fused-ring (bicyclic) bond motifs is 1. The number of esters is 1. The lowest BCUT2D eigenvalue weighted by Crippen LogP contribution is -2.09. The van der Waals surface area contributed by atoms with Crippen molar-refractivity contribution in [3.8, 4) is 5.69 Å². The van der Waals surface area contributed by atoms with Gasteiger partial charge in [-0.05, 0) is 38.5 Å². The van der Waals surface area contributed by atoms with Gasteiger partial charge in [-0.1, -0.05) is 41.7 Å². The summed E-state index contributed by atoms with van der Waals surface area (Å²) >= 11 is 4.18. The van der Waals surface area contributed by atoms with Crippen LogP contribution in [0.1, 0.15) is 23.2 Å². The lowest BCUT2D eigenvalue weighted by molar-refractivity contribution is -0.139. The molecule has 1 aromatic carbocycles. The quantitative estimate of drug-likeness (QED) is 0.225. The lowest BCUT2D eigenvalue weighted by atomic mass is 10.2. The number of hydrogen-bond donors (Lipinski definition) is 1. The van der Waals surface area contributed by atoms with Crippen LogP contribution in [0.25, 0.3) is 15.9 Å². The van der Waals surface area contributed by atoms with Gasteiger partial charge in [0.1, 0.15) is 10.7 Å². The molecule has 4 rings (SSSR count). The summed E-state index contributed by atoms with van der Waals surface area (Å²) in [7, 11) is 0.